The molecule has 0 saturated carbocycles. The predicted octanol–water partition coefficient (Wildman–Crippen LogP) is 3.48. The number of amides is 1. The first-order valence-corrected chi connectivity index (χ1v) is 10.4. The lowest BCUT2D eigenvalue weighted by molar-refractivity contribution is 0.0940. The lowest BCUT2D eigenvalue weighted by atomic mass is 10.1. The fourth-order valence-corrected chi connectivity index (χ4v) is 4.65. The van der Waals surface area contributed by atoms with E-state index in [-0.39, 0.29) is 17.7 Å². The Morgan fingerprint density at radius 3 is 2.32 bits per heavy atom. The number of halogens is 1. The highest BCUT2D eigenvalue weighted by molar-refractivity contribution is 9.10. The topological polar surface area (TPSA) is 66.5 Å². The molecule has 3 rings (SSSR count). The predicted molar refractivity (Wildman–Crippen MR) is 102 cm³/mol. The molecule has 1 N–H and O–H groups in total. The van der Waals surface area contributed by atoms with E-state index in [4.69, 9.17) is 0 Å². The van der Waals surface area contributed by atoms with Crippen molar-refractivity contribution in [1.82, 2.24) is 5.32 Å². The first-order chi connectivity index (χ1) is 11.9. The third-order valence-electron chi connectivity index (χ3n) is 4.23. The summed E-state index contributed by atoms with van der Waals surface area (Å²) in [5.41, 5.74) is 2.12. The summed E-state index contributed by atoms with van der Waals surface area (Å²) in [6.45, 7) is 2.42. The first kappa shape index (κ1) is 17.9. The zero-order valence-corrected chi connectivity index (χ0v) is 16.2. The van der Waals surface area contributed by atoms with E-state index in [1.807, 2.05) is 31.2 Å². The minimum absolute atomic E-state index is 0.126. The van der Waals surface area contributed by atoms with Crippen molar-refractivity contribution >= 4 is 37.5 Å². The van der Waals surface area contributed by atoms with Crippen LogP contribution in [0, 0.1) is 0 Å². The van der Waals surface area contributed by atoms with Crippen molar-refractivity contribution in [2.75, 3.05) is 16.6 Å². The van der Waals surface area contributed by atoms with Gasteiger partial charge in [0.05, 0.1) is 17.5 Å². The van der Waals surface area contributed by atoms with E-state index < -0.39 is 10.0 Å². The van der Waals surface area contributed by atoms with Crippen LogP contribution in [-0.2, 0) is 10.0 Å². The summed E-state index contributed by atoms with van der Waals surface area (Å²) in [5, 5.41) is 2.95. The van der Waals surface area contributed by atoms with Crippen LogP contribution >= 0.6 is 15.9 Å². The van der Waals surface area contributed by atoms with Crippen molar-refractivity contribution in [3.05, 3.63) is 64.1 Å². The molecule has 0 spiro atoms. The van der Waals surface area contributed by atoms with E-state index in [1.165, 1.54) is 4.31 Å². The van der Waals surface area contributed by atoms with Crippen LogP contribution in [0.3, 0.4) is 0 Å². The molecule has 0 aliphatic carbocycles. The van der Waals surface area contributed by atoms with Crippen LogP contribution in [0.4, 0.5) is 5.69 Å². The van der Waals surface area contributed by atoms with Crippen LogP contribution in [0.15, 0.2) is 53.0 Å². The number of carbonyl (C=O) groups is 1. The minimum Gasteiger partial charge on any atom is -0.346 e. The van der Waals surface area contributed by atoms with Crippen molar-refractivity contribution in [3.8, 4) is 0 Å². The monoisotopic (exact) mass is 422 g/mol. The minimum atomic E-state index is -3.20. The quantitative estimate of drug-likeness (QED) is 0.819. The van der Waals surface area contributed by atoms with Crippen LogP contribution in [0.2, 0.25) is 0 Å². The Hall–Kier alpha value is -1.86. The van der Waals surface area contributed by atoms with Gasteiger partial charge >= 0.3 is 0 Å². The van der Waals surface area contributed by atoms with Gasteiger partial charge in [-0.1, -0.05) is 28.1 Å². The molecule has 2 aromatic rings. The molecular formula is C18H19BrN2O3S. The molecule has 25 heavy (non-hydrogen) atoms. The van der Waals surface area contributed by atoms with Gasteiger partial charge in [0.15, 0.2) is 0 Å². The average Bonchev–Trinajstić information content (AvgIpc) is 2.94. The fourth-order valence-electron chi connectivity index (χ4n) is 2.82. The second kappa shape index (κ2) is 7.17. The van der Waals surface area contributed by atoms with Gasteiger partial charge in [0.25, 0.3) is 5.91 Å². The Balaban J connectivity index is 1.69. The van der Waals surface area contributed by atoms with Gasteiger partial charge in [0, 0.05) is 16.6 Å². The molecule has 0 bridgehead atoms. The van der Waals surface area contributed by atoms with E-state index >= 15 is 0 Å². The molecule has 7 heteroatoms. The Labute approximate surface area is 156 Å². The summed E-state index contributed by atoms with van der Waals surface area (Å²) in [7, 11) is -3.20. The highest BCUT2D eigenvalue weighted by Crippen LogP contribution is 2.24. The van der Waals surface area contributed by atoms with E-state index in [2.05, 4.69) is 21.2 Å². The van der Waals surface area contributed by atoms with Crippen LogP contribution in [0.1, 0.15) is 35.3 Å². The van der Waals surface area contributed by atoms with Gasteiger partial charge in [-0.15, -0.1) is 0 Å². The molecule has 1 aliphatic rings. The number of carbonyl (C=O) groups excluding carboxylic acids is 1. The smallest absolute Gasteiger partial charge is 0.251 e. The number of nitrogens with one attached hydrogen (secondary N) is 1. The molecule has 1 fully saturated rings. The fraction of sp³-hybridized carbons (Fsp3) is 0.278. The highest BCUT2D eigenvalue weighted by atomic mass is 79.9. The van der Waals surface area contributed by atoms with E-state index in [1.54, 1.807) is 24.3 Å². The summed E-state index contributed by atoms with van der Waals surface area (Å²) < 4.78 is 26.3. The Bertz CT molecular complexity index is 864. The largest absolute Gasteiger partial charge is 0.346 e. The van der Waals surface area contributed by atoms with Crippen molar-refractivity contribution in [2.24, 2.45) is 0 Å². The van der Waals surface area contributed by atoms with Crippen LogP contribution in [-0.4, -0.2) is 26.6 Å². The number of benzene rings is 2. The van der Waals surface area contributed by atoms with Crippen LogP contribution in [0.25, 0.3) is 0 Å². The number of anilines is 1. The second-order valence-corrected chi connectivity index (χ2v) is 8.96. The van der Waals surface area contributed by atoms with Crippen molar-refractivity contribution in [1.29, 1.82) is 0 Å². The van der Waals surface area contributed by atoms with Gasteiger partial charge in [-0.05, 0) is 55.3 Å². The molecule has 0 aromatic heterocycles. The lowest BCUT2D eigenvalue weighted by Crippen LogP contribution is -2.27. The number of hydrogen-bond acceptors (Lipinski definition) is 3. The van der Waals surface area contributed by atoms with Crippen molar-refractivity contribution in [3.63, 3.8) is 0 Å². The Morgan fingerprint density at radius 1 is 1.12 bits per heavy atom. The summed E-state index contributed by atoms with van der Waals surface area (Å²) in [4.78, 5) is 12.4. The summed E-state index contributed by atoms with van der Waals surface area (Å²) in [6.07, 6.45) is 0.634. The molecule has 0 radical (unpaired) electrons. The number of sulfonamides is 1. The summed E-state index contributed by atoms with van der Waals surface area (Å²) >= 11 is 3.39. The highest BCUT2D eigenvalue weighted by Gasteiger charge is 2.28. The molecule has 1 aliphatic heterocycles. The van der Waals surface area contributed by atoms with Gasteiger partial charge in [-0.3, -0.25) is 9.10 Å². The van der Waals surface area contributed by atoms with Crippen LogP contribution in [0.5, 0.6) is 0 Å². The normalized spacial score (nSPS) is 17.3. The maximum Gasteiger partial charge on any atom is 0.251 e. The van der Waals surface area contributed by atoms with Gasteiger partial charge in [-0.25, -0.2) is 8.42 Å². The zero-order valence-electron chi connectivity index (χ0n) is 13.8. The van der Waals surface area contributed by atoms with Crippen molar-refractivity contribution < 1.29 is 13.2 Å². The SMILES string of the molecule is CC(NC(=O)c1ccc(N2CCCS2(=O)=O)cc1)c1ccc(Br)cc1. The molecule has 1 atom stereocenters. The molecule has 132 valence electrons. The van der Waals surface area contributed by atoms with E-state index in [0.717, 1.165) is 10.0 Å². The second-order valence-electron chi connectivity index (χ2n) is 6.04. The summed E-state index contributed by atoms with van der Waals surface area (Å²) in [5.74, 6) is -0.00816. The Morgan fingerprint density at radius 2 is 1.76 bits per heavy atom. The summed E-state index contributed by atoms with van der Waals surface area (Å²) in [6, 6.07) is 14.3. The molecule has 1 saturated heterocycles. The molecule has 1 heterocycles. The Kier molecular flexibility index (Phi) is 5.15. The number of rotatable bonds is 4. The lowest BCUT2D eigenvalue weighted by Gasteiger charge is -2.18. The number of nitrogens with zero attached hydrogens (tertiary/aromatic N) is 1. The van der Waals surface area contributed by atoms with Gasteiger partial charge in [-0.2, -0.15) is 0 Å². The molecule has 5 nitrogen and oxygen atoms in total. The average molecular weight is 423 g/mol. The van der Waals surface area contributed by atoms with Gasteiger partial charge < -0.3 is 5.32 Å². The first-order valence-electron chi connectivity index (χ1n) is 8.03. The van der Waals surface area contributed by atoms with E-state index in [0.29, 0.717) is 24.2 Å². The van der Waals surface area contributed by atoms with Gasteiger partial charge in [0.1, 0.15) is 0 Å². The van der Waals surface area contributed by atoms with Gasteiger partial charge in [0.2, 0.25) is 10.0 Å². The maximum absolute atomic E-state index is 12.4. The number of hydrogen-bond donors (Lipinski definition) is 1. The van der Waals surface area contributed by atoms with Crippen molar-refractivity contribution in [2.45, 2.75) is 19.4 Å². The molecule has 1 amide bonds. The molecule has 2 aromatic carbocycles. The molecule has 1 unspecified atom stereocenters. The molecular weight excluding hydrogens is 404 g/mol. The maximum atomic E-state index is 12.4. The zero-order chi connectivity index (χ0) is 18.0. The van der Waals surface area contributed by atoms with E-state index in [9.17, 15) is 13.2 Å². The third-order valence-corrected chi connectivity index (χ3v) is 6.63. The van der Waals surface area contributed by atoms with Crippen LogP contribution < -0.4 is 9.62 Å². The standard InChI is InChI=1S/C18H19BrN2O3S/c1-13(14-3-7-16(19)8-4-14)20-18(22)15-5-9-17(10-6-15)21-11-2-12-25(21,23)24/h3-10,13H,2,11-12H2,1H3,(H,20,22). The third kappa shape index (κ3) is 4.04.